The van der Waals surface area contributed by atoms with E-state index in [1.165, 1.54) is 0 Å². The molecule has 0 bridgehead atoms. The summed E-state index contributed by atoms with van der Waals surface area (Å²) in [5.41, 5.74) is 0.235. The Kier molecular flexibility index (Phi) is 5.29. The fourth-order valence-electron chi connectivity index (χ4n) is 2.91. The Morgan fingerprint density at radius 3 is 3.08 bits per heavy atom. The Balaban J connectivity index is 1.52. The van der Waals surface area contributed by atoms with Gasteiger partial charge in [0.1, 0.15) is 5.82 Å². The molecule has 3 heterocycles. The molecular weight excluding hydrogens is 318 g/mol. The number of ether oxygens (including phenoxy) is 1. The Morgan fingerprint density at radius 1 is 1.52 bits per heavy atom. The molecule has 1 N–H and O–H groups in total. The molecule has 7 nitrogen and oxygen atoms in total. The molecule has 1 fully saturated rings. The summed E-state index contributed by atoms with van der Waals surface area (Å²) >= 11 is 0. The molecule has 1 amide bonds. The Bertz CT molecular complexity index is 691. The van der Waals surface area contributed by atoms with E-state index in [-0.39, 0.29) is 17.7 Å². The third-order valence-electron chi connectivity index (χ3n) is 4.44. The molecule has 2 aliphatic rings. The van der Waals surface area contributed by atoms with Crippen molar-refractivity contribution < 1.29 is 9.53 Å². The number of aromatic nitrogens is 1. The summed E-state index contributed by atoms with van der Waals surface area (Å²) in [6.07, 6.45) is 9.19. The van der Waals surface area contributed by atoms with Crippen LogP contribution in [0.3, 0.4) is 0 Å². The topological polar surface area (TPSA) is 79.2 Å². The number of hydrogen-bond donors (Lipinski definition) is 1. The summed E-state index contributed by atoms with van der Waals surface area (Å²) in [5, 5.41) is 11.1. The molecule has 1 aromatic heterocycles. The van der Waals surface area contributed by atoms with Crippen LogP contribution in [0.5, 0.6) is 0 Å². The SMILES string of the molecule is C#CCCC1(CCNC(=O)c2ccnc(N3CCOC(C)C3)c2)N=N1. The lowest BCUT2D eigenvalue weighted by atomic mass is 10.0. The zero-order chi connectivity index (χ0) is 17.7. The van der Waals surface area contributed by atoms with Gasteiger partial charge in [-0.2, -0.15) is 10.2 Å². The van der Waals surface area contributed by atoms with Crippen molar-refractivity contribution in [1.29, 1.82) is 0 Å². The van der Waals surface area contributed by atoms with Gasteiger partial charge in [-0.3, -0.25) is 4.79 Å². The van der Waals surface area contributed by atoms with Crippen LogP contribution in [0.1, 0.15) is 36.5 Å². The standard InChI is InChI=1S/C18H23N5O2/c1-3-4-6-18(21-22-18)7-9-20-17(24)15-5-8-19-16(12-15)23-10-11-25-14(2)13-23/h1,5,8,12,14H,4,6-7,9-11,13H2,2H3,(H,20,24). The zero-order valence-corrected chi connectivity index (χ0v) is 14.4. The van der Waals surface area contributed by atoms with Gasteiger partial charge in [-0.15, -0.1) is 12.3 Å². The monoisotopic (exact) mass is 341 g/mol. The van der Waals surface area contributed by atoms with Gasteiger partial charge in [0.05, 0.1) is 12.7 Å². The van der Waals surface area contributed by atoms with E-state index in [4.69, 9.17) is 11.2 Å². The smallest absolute Gasteiger partial charge is 0.251 e. The highest BCUT2D eigenvalue weighted by atomic mass is 16.5. The highest BCUT2D eigenvalue weighted by molar-refractivity contribution is 5.94. The minimum atomic E-state index is -0.368. The van der Waals surface area contributed by atoms with Crippen molar-refractivity contribution in [2.24, 2.45) is 10.2 Å². The number of nitrogens with zero attached hydrogens (tertiary/aromatic N) is 4. The fourth-order valence-corrected chi connectivity index (χ4v) is 2.91. The van der Waals surface area contributed by atoms with Crippen LogP contribution in [0, 0.1) is 12.3 Å². The summed E-state index contributed by atoms with van der Waals surface area (Å²) in [5.74, 6) is 3.29. The van der Waals surface area contributed by atoms with Crippen LogP contribution in [0.4, 0.5) is 5.82 Å². The Labute approximate surface area is 147 Å². The van der Waals surface area contributed by atoms with E-state index in [2.05, 4.69) is 31.3 Å². The minimum Gasteiger partial charge on any atom is -0.375 e. The number of carbonyl (C=O) groups excluding carboxylic acids is 1. The maximum Gasteiger partial charge on any atom is 0.251 e. The van der Waals surface area contributed by atoms with Crippen molar-refractivity contribution in [3.8, 4) is 12.3 Å². The van der Waals surface area contributed by atoms with Crippen LogP contribution < -0.4 is 10.2 Å². The van der Waals surface area contributed by atoms with Crippen LogP contribution in [0.15, 0.2) is 28.6 Å². The van der Waals surface area contributed by atoms with E-state index < -0.39 is 0 Å². The summed E-state index contributed by atoms with van der Waals surface area (Å²) < 4.78 is 5.55. The van der Waals surface area contributed by atoms with E-state index in [9.17, 15) is 4.79 Å². The van der Waals surface area contributed by atoms with E-state index in [0.29, 0.717) is 31.6 Å². The molecule has 0 radical (unpaired) electrons. The van der Waals surface area contributed by atoms with E-state index in [0.717, 1.165) is 25.3 Å². The molecule has 1 atom stereocenters. The molecule has 25 heavy (non-hydrogen) atoms. The molecule has 0 saturated carbocycles. The van der Waals surface area contributed by atoms with E-state index >= 15 is 0 Å². The second kappa shape index (κ2) is 7.62. The number of nitrogens with one attached hydrogen (secondary N) is 1. The molecule has 7 heteroatoms. The van der Waals surface area contributed by atoms with Crippen molar-refractivity contribution in [1.82, 2.24) is 10.3 Å². The van der Waals surface area contributed by atoms with E-state index in [1.807, 2.05) is 13.0 Å². The van der Waals surface area contributed by atoms with Gasteiger partial charge in [0.25, 0.3) is 5.91 Å². The lowest BCUT2D eigenvalue weighted by Gasteiger charge is -2.32. The molecule has 132 valence electrons. The number of pyridine rings is 1. The number of anilines is 1. The summed E-state index contributed by atoms with van der Waals surface area (Å²) in [7, 11) is 0. The third-order valence-corrected chi connectivity index (χ3v) is 4.44. The average molecular weight is 341 g/mol. The van der Waals surface area contributed by atoms with Gasteiger partial charge in [-0.25, -0.2) is 4.98 Å². The summed E-state index contributed by atoms with van der Waals surface area (Å²) in [4.78, 5) is 18.9. The quantitative estimate of drug-likeness (QED) is 0.769. The first kappa shape index (κ1) is 17.4. The number of rotatable bonds is 7. The fraction of sp³-hybridized carbons (Fsp3) is 0.556. The highest BCUT2D eigenvalue weighted by Gasteiger charge is 2.38. The zero-order valence-electron chi connectivity index (χ0n) is 14.4. The van der Waals surface area contributed by atoms with Crippen LogP contribution in [-0.4, -0.2) is 48.9 Å². The highest BCUT2D eigenvalue weighted by Crippen LogP contribution is 2.36. The Hall–Kier alpha value is -2.46. The lowest BCUT2D eigenvalue weighted by Crippen LogP contribution is -2.41. The van der Waals surface area contributed by atoms with Gasteiger partial charge in [0.15, 0.2) is 5.66 Å². The molecule has 0 aromatic carbocycles. The second-order valence-electron chi connectivity index (χ2n) is 6.42. The Morgan fingerprint density at radius 2 is 2.36 bits per heavy atom. The lowest BCUT2D eigenvalue weighted by molar-refractivity contribution is 0.0529. The van der Waals surface area contributed by atoms with Gasteiger partial charge in [-0.05, 0) is 19.1 Å². The first-order valence-corrected chi connectivity index (χ1v) is 8.60. The number of amides is 1. The maximum absolute atomic E-state index is 12.4. The molecule has 1 saturated heterocycles. The van der Waals surface area contributed by atoms with Gasteiger partial charge >= 0.3 is 0 Å². The molecule has 0 aliphatic carbocycles. The number of hydrogen-bond acceptors (Lipinski definition) is 6. The first-order chi connectivity index (χ1) is 12.1. The second-order valence-corrected chi connectivity index (χ2v) is 6.42. The summed E-state index contributed by atoms with van der Waals surface area (Å²) in [6.45, 7) is 4.78. The maximum atomic E-state index is 12.4. The van der Waals surface area contributed by atoms with Crippen molar-refractivity contribution in [2.45, 2.75) is 38.0 Å². The number of morpholine rings is 1. The first-order valence-electron chi connectivity index (χ1n) is 8.60. The van der Waals surface area contributed by atoms with Gasteiger partial charge in [0.2, 0.25) is 0 Å². The van der Waals surface area contributed by atoms with E-state index in [1.54, 1.807) is 12.3 Å². The van der Waals surface area contributed by atoms with Crippen LogP contribution in [0.25, 0.3) is 0 Å². The third kappa shape index (κ3) is 4.54. The van der Waals surface area contributed by atoms with Gasteiger partial charge in [-0.1, -0.05) is 0 Å². The number of carbonyl (C=O) groups is 1. The minimum absolute atomic E-state index is 0.113. The predicted molar refractivity (Wildman–Crippen MR) is 94.5 cm³/mol. The predicted octanol–water partition coefficient (Wildman–Crippen LogP) is 2.00. The molecule has 1 unspecified atom stereocenters. The van der Waals surface area contributed by atoms with Crippen molar-refractivity contribution in [3.05, 3.63) is 23.9 Å². The van der Waals surface area contributed by atoms with Crippen molar-refractivity contribution >= 4 is 11.7 Å². The molecule has 1 aromatic rings. The molecule has 0 spiro atoms. The average Bonchev–Trinajstić information content (AvgIpc) is 3.40. The van der Waals surface area contributed by atoms with Crippen molar-refractivity contribution in [3.63, 3.8) is 0 Å². The largest absolute Gasteiger partial charge is 0.375 e. The van der Waals surface area contributed by atoms with Crippen LogP contribution in [-0.2, 0) is 4.74 Å². The summed E-state index contributed by atoms with van der Waals surface area (Å²) in [6, 6.07) is 3.55. The van der Waals surface area contributed by atoms with Crippen LogP contribution >= 0.6 is 0 Å². The van der Waals surface area contributed by atoms with Gasteiger partial charge in [0, 0.05) is 50.7 Å². The molecular formula is C18H23N5O2. The normalized spacial score (nSPS) is 20.8. The molecule has 2 aliphatic heterocycles. The molecule has 3 rings (SSSR count). The van der Waals surface area contributed by atoms with Gasteiger partial charge < -0.3 is 15.0 Å². The van der Waals surface area contributed by atoms with Crippen LogP contribution in [0.2, 0.25) is 0 Å². The number of terminal acetylenes is 1. The van der Waals surface area contributed by atoms with Crippen molar-refractivity contribution in [2.75, 3.05) is 31.1 Å².